The molecule has 1 atom stereocenters. The summed E-state index contributed by atoms with van der Waals surface area (Å²) in [4.78, 5) is 21.8. The number of amides is 1. The Hall–Kier alpha value is -2.74. The summed E-state index contributed by atoms with van der Waals surface area (Å²) in [5, 5.41) is 27.4. The highest BCUT2D eigenvalue weighted by Gasteiger charge is 2.23. The number of aryl methyl sites for hydroxylation is 1. The van der Waals surface area contributed by atoms with Crippen molar-refractivity contribution in [2.24, 2.45) is 0 Å². The van der Waals surface area contributed by atoms with Crippen LogP contribution in [0.1, 0.15) is 18.9 Å². The Bertz CT molecular complexity index is 682. The van der Waals surface area contributed by atoms with Gasteiger partial charge in [-0.2, -0.15) is 5.10 Å². The fraction of sp³-hybridized carbons (Fsp3) is 0.333. The maximum absolute atomic E-state index is 11.8. The fourth-order valence-electron chi connectivity index (χ4n) is 2.04. The molecule has 1 aromatic carbocycles. The van der Waals surface area contributed by atoms with Crippen LogP contribution in [0.15, 0.2) is 42.7 Å². The van der Waals surface area contributed by atoms with Gasteiger partial charge in [0.1, 0.15) is 18.0 Å². The van der Waals surface area contributed by atoms with E-state index in [0.717, 1.165) is 6.20 Å². The number of carbonyl (C=O) groups is 1. The number of nitro groups is 1. The van der Waals surface area contributed by atoms with Crippen LogP contribution in [0.4, 0.5) is 5.69 Å². The van der Waals surface area contributed by atoms with Crippen LogP contribution in [0, 0.1) is 10.1 Å². The van der Waals surface area contributed by atoms with Crippen molar-refractivity contribution in [1.29, 1.82) is 0 Å². The molecule has 0 aliphatic rings. The zero-order valence-electron chi connectivity index (χ0n) is 12.7. The molecule has 1 aromatic heterocycles. The first-order valence-electron chi connectivity index (χ1n) is 7.10. The van der Waals surface area contributed by atoms with Crippen LogP contribution in [-0.4, -0.2) is 32.3 Å². The van der Waals surface area contributed by atoms with Gasteiger partial charge < -0.3 is 10.4 Å². The molecule has 2 N–H and O–H groups in total. The molecule has 0 saturated carbocycles. The topological polar surface area (TPSA) is 110 Å². The summed E-state index contributed by atoms with van der Waals surface area (Å²) in [7, 11) is 0. The Morgan fingerprint density at radius 1 is 1.43 bits per heavy atom. The lowest BCUT2D eigenvalue weighted by molar-refractivity contribution is -0.385. The van der Waals surface area contributed by atoms with Gasteiger partial charge in [0.15, 0.2) is 0 Å². The molecule has 0 aliphatic carbocycles. The maximum Gasteiger partial charge on any atom is 0.306 e. The third kappa shape index (κ3) is 4.62. The molecule has 1 unspecified atom stereocenters. The average Bonchev–Trinajstić information content (AvgIpc) is 3.01. The molecule has 0 radical (unpaired) electrons. The normalized spacial score (nSPS) is 13.3. The number of aliphatic hydroxyl groups is 1. The van der Waals surface area contributed by atoms with Crippen molar-refractivity contribution < 1.29 is 14.8 Å². The Kier molecular flexibility index (Phi) is 5.07. The molecule has 0 aliphatic heterocycles. The number of hydrogen-bond acceptors (Lipinski definition) is 5. The zero-order chi connectivity index (χ0) is 16.9. The lowest BCUT2D eigenvalue weighted by Crippen LogP contribution is -2.38. The summed E-state index contributed by atoms with van der Waals surface area (Å²) in [5.41, 5.74) is -0.568. The van der Waals surface area contributed by atoms with Crippen LogP contribution in [0.3, 0.4) is 0 Å². The third-order valence-corrected chi connectivity index (χ3v) is 3.42. The number of benzene rings is 1. The van der Waals surface area contributed by atoms with E-state index in [4.69, 9.17) is 0 Å². The molecular weight excluding hydrogens is 300 g/mol. The Labute approximate surface area is 132 Å². The Balaban J connectivity index is 1.81. The Morgan fingerprint density at radius 2 is 2.13 bits per heavy atom. The summed E-state index contributed by atoms with van der Waals surface area (Å²) in [6.45, 7) is 1.93. The lowest BCUT2D eigenvalue weighted by atomic mass is 9.96. The molecule has 1 amide bonds. The van der Waals surface area contributed by atoms with Crippen LogP contribution in [0.2, 0.25) is 0 Å². The van der Waals surface area contributed by atoms with Gasteiger partial charge in [0, 0.05) is 13.0 Å². The van der Waals surface area contributed by atoms with Crippen molar-refractivity contribution in [2.75, 3.05) is 6.54 Å². The molecule has 0 spiro atoms. The van der Waals surface area contributed by atoms with Gasteiger partial charge in [-0.3, -0.25) is 19.6 Å². The number of nitrogens with one attached hydrogen (secondary N) is 1. The van der Waals surface area contributed by atoms with E-state index in [-0.39, 0.29) is 31.1 Å². The van der Waals surface area contributed by atoms with Crippen LogP contribution in [0.25, 0.3) is 0 Å². The van der Waals surface area contributed by atoms with Crippen molar-refractivity contribution in [1.82, 2.24) is 15.1 Å². The van der Waals surface area contributed by atoms with E-state index < -0.39 is 10.5 Å². The van der Waals surface area contributed by atoms with E-state index >= 15 is 0 Å². The molecule has 23 heavy (non-hydrogen) atoms. The number of hydrogen-bond donors (Lipinski definition) is 2. The van der Waals surface area contributed by atoms with Gasteiger partial charge in [-0.05, 0) is 12.5 Å². The van der Waals surface area contributed by atoms with Crippen molar-refractivity contribution in [3.05, 3.63) is 58.4 Å². The van der Waals surface area contributed by atoms with E-state index in [9.17, 15) is 20.0 Å². The lowest BCUT2D eigenvalue weighted by Gasteiger charge is -2.24. The quantitative estimate of drug-likeness (QED) is 0.589. The highest BCUT2D eigenvalue weighted by Crippen LogP contribution is 2.18. The summed E-state index contributed by atoms with van der Waals surface area (Å²) < 4.78 is 1.34. The summed E-state index contributed by atoms with van der Waals surface area (Å²) in [5.74, 6) is -0.264. The first-order chi connectivity index (χ1) is 10.9. The van der Waals surface area contributed by atoms with Crippen molar-refractivity contribution in [3.8, 4) is 0 Å². The van der Waals surface area contributed by atoms with Gasteiger partial charge in [-0.15, -0.1) is 0 Å². The SMILES string of the molecule is CC(O)(CNC(=O)CCn1cc([N+](=O)[O-])cn1)c1ccccc1. The molecule has 2 rings (SSSR count). The van der Waals surface area contributed by atoms with E-state index in [2.05, 4.69) is 10.4 Å². The minimum Gasteiger partial charge on any atom is -0.384 e. The van der Waals surface area contributed by atoms with Gasteiger partial charge in [0.25, 0.3) is 0 Å². The number of aromatic nitrogens is 2. The minimum absolute atomic E-state index is 0.0785. The van der Waals surface area contributed by atoms with Crippen LogP contribution < -0.4 is 5.32 Å². The predicted octanol–water partition coefficient (Wildman–Crippen LogP) is 1.21. The van der Waals surface area contributed by atoms with Gasteiger partial charge in [0.05, 0.1) is 11.5 Å². The minimum atomic E-state index is -1.17. The van der Waals surface area contributed by atoms with Gasteiger partial charge >= 0.3 is 5.69 Å². The van der Waals surface area contributed by atoms with Crippen molar-refractivity contribution in [3.63, 3.8) is 0 Å². The number of rotatable bonds is 7. The van der Waals surface area contributed by atoms with Crippen molar-refractivity contribution in [2.45, 2.75) is 25.5 Å². The van der Waals surface area contributed by atoms with E-state index in [1.807, 2.05) is 18.2 Å². The smallest absolute Gasteiger partial charge is 0.306 e. The molecule has 0 bridgehead atoms. The second-order valence-corrected chi connectivity index (χ2v) is 5.39. The van der Waals surface area contributed by atoms with Crippen LogP contribution in [0.5, 0.6) is 0 Å². The first-order valence-corrected chi connectivity index (χ1v) is 7.10. The second kappa shape index (κ2) is 7.01. The highest BCUT2D eigenvalue weighted by atomic mass is 16.6. The maximum atomic E-state index is 11.8. The second-order valence-electron chi connectivity index (χ2n) is 5.39. The Morgan fingerprint density at radius 3 is 2.74 bits per heavy atom. The molecule has 0 fully saturated rings. The van der Waals surface area contributed by atoms with Gasteiger partial charge in [-0.1, -0.05) is 30.3 Å². The average molecular weight is 318 g/mol. The number of carbonyl (C=O) groups excluding carboxylic acids is 1. The standard InChI is InChI=1S/C15H18N4O4/c1-15(21,12-5-3-2-4-6-12)11-16-14(20)7-8-18-10-13(9-17-18)19(22)23/h2-6,9-10,21H,7-8,11H2,1H3,(H,16,20). The monoisotopic (exact) mass is 318 g/mol. The molecule has 8 heteroatoms. The van der Waals surface area contributed by atoms with Gasteiger partial charge in [0.2, 0.25) is 5.91 Å². The van der Waals surface area contributed by atoms with E-state index in [0.29, 0.717) is 5.56 Å². The zero-order valence-corrected chi connectivity index (χ0v) is 12.7. The summed E-state index contributed by atoms with van der Waals surface area (Å²) >= 11 is 0. The van der Waals surface area contributed by atoms with Gasteiger partial charge in [-0.25, -0.2) is 0 Å². The first kappa shape index (κ1) is 16.6. The van der Waals surface area contributed by atoms with Crippen molar-refractivity contribution >= 4 is 11.6 Å². The molecule has 0 saturated heterocycles. The fourth-order valence-corrected chi connectivity index (χ4v) is 2.04. The summed E-state index contributed by atoms with van der Waals surface area (Å²) in [6, 6.07) is 9.05. The molecule has 8 nitrogen and oxygen atoms in total. The van der Waals surface area contributed by atoms with E-state index in [1.54, 1.807) is 19.1 Å². The highest BCUT2D eigenvalue weighted by molar-refractivity contribution is 5.75. The predicted molar refractivity (Wildman–Crippen MR) is 82.5 cm³/mol. The molecule has 2 aromatic rings. The molecule has 1 heterocycles. The number of nitrogens with zero attached hydrogens (tertiary/aromatic N) is 3. The third-order valence-electron chi connectivity index (χ3n) is 3.42. The van der Waals surface area contributed by atoms with Crippen LogP contribution >= 0.6 is 0 Å². The van der Waals surface area contributed by atoms with E-state index in [1.165, 1.54) is 10.9 Å². The summed E-state index contributed by atoms with van der Waals surface area (Å²) in [6.07, 6.45) is 2.52. The largest absolute Gasteiger partial charge is 0.384 e. The molecular formula is C15H18N4O4. The van der Waals surface area contributed by atoms with Crippen LogP contribution in [-0.2, 0) is 16.9 Å². The molecule has 122 valence electrons.